The lowest BCUT2D eigenvalue weighted by Crippen LogP contribution is -2.28. The smallest absolute Gasteiger partial charge is 0.318 e. The van der Waals surface area contributed by atoms with Gasteiger partial charge in [-0.25, -0.2) is 23.1 Å². The number of hydrogen-bond acceptors (Lipinski definition) is 10. The molecule has 3 N–H and O–H groups in total. The lowest BCUT2D eigenvalue weighted by molar-refractivity contribution is 0.292. The van der Waals surface area contributed by atoms with Gasteiger partial charge in [-0.2, -0.15) is 9.97 Å². The van der Waals surface area contributed by atoms with E-state index in [1.54, 1.807) is 4.90 Å². The predicted molar refractivity (Wildman–Crippen MR) is 167 cm³/mol. The topological polar surface area (TPSA) is 123 Å². The highest BCUT2D eigenvalue weighted by Gasteiger charge is 2.35. The van der Waals surface area contributed by atoms with Crippen molar-refractivity contribution < 1.29 is 27.8 Å². The highest BCUT2D eigenvalue weighted by Crippen LogP contribution is 2.50. The number of fused-ring (bicyclic) bond motifs is 1. The van der Waals surface area contributed by atoms with Crippen LogP contribution < -0.4 is 20.1 Å². The Morgan fingerprint density at radius 3 is 2.72 bits per heavy atom. The summed E-state index contributed by atoms with van der Waals surface area (Å²) in [7, 11) is 1.38. The van der Waals surface area contributed by atoms with Gasteiger partial charge in [-0.3, -0.25) is 4.90 Å². The molecule has 0 radical (unpaired) electrons. The number of nitrogens with zero attached hydrogens (tertiary/aromatic N) is 6. The van der Waals surface area contributed by atoms with E-state index >= 15 is 4.39 Å². The maximum absolute atomic E-state index is 16.2. The number of aromatic hydroxyl groups is 1. The number of benzene rings is 1. The first-order chi connectivity index (χ1) is 22.2. The quantitative estimate of drug-likeness (QED) is 0.273. The van der Waals surface area contributed by atoms with Gasteiger partial charge in [0, 0.05) is 35.3 Å². The summed E-state index contributed by atoms with van der Waals surface area (Å²) in [4.78, 5) is 21.2. The average molecular weight is 656 g/mol. The van der Waals surface area contributed by atoms with E-state index in [-0.39, 0.29) is 59.1 Å². The summed E-state index contributed by atoms with van der Waals surface area (Å²) in [6, 6.07) is 4.72. The normalized spacial score (nSPS) is 20.6. The molecule has 3 aliphatic heterocycles. The zero-order valence-electron chi connectivity index (χ0n) is 25.1. The first kappa shape index (κ1) is 30.5. The van der Waals surface area contributed by atoms with Gasteiger partial charge in [0.25, 0.3) is 0 Å². The molecule has 3 aromatic heterocycles. The van der Waals surface area contributed by atoms with Crippen molar-refractivity contribution in [3.05, 3.63) is 52.2 Å². The molecule has 46 heavy (non-hydrogen) atoms. The minimum atomic E-state index is -0.735. The van der Waals surface area contributed by atoms with Crippen LogP contribution in [0.5, 0.6) is 17.6 Å². The van der Waals surface area contributed by atoms with Crippen LogP contribution in [-0.2, 0) is 6.54 Å². The van der Waals surface area contributed by atoms with E-state index in [0.717, 1.165) is 37.6 Å². The third kappa shape index (κ3) is 5.81. The maximum Gasteiger partial charge on any atom is 0.318 e. The van der Waals surface area contributed by atoms with Crippen LogP contribution in [-0.4, -0.2) is 75.5 Å². The first-order valence-electron chi connectivity index (χ1n) is 15.3. The summed E-state index contributed by atoms with van der Waals surface area (Å²) in [6.45, 7) is 2.47. The van der Waals surface area contributed by atoms with Gasteiger partial charge in [0.1, 0.15) is 52.6 Å². The van der Waals surface area contributed by atoms with Gasteiger partial charge in [-0.1, -0.05) is 11.6 Å². The van der Waals surface area contributed by atoms with Crippen LogP contribution in [0.1, 0.15) is 49.1 Å². The lowest BCUT2D eigenvalue weighted by atomic mass is 9.98. The Kier molecular flexibility index (Phi) is 8.14. The fourth-order valence-electron chi connectivity index (χ4n) is 6.66. The highest BCUT2D eigenvalue weighted by molar-refractivity contribution is 6.32. The first-order valence-corrected chi connectivity index (χ1v) is 15.7. The number of hydrogen-bond donors (Lipinski definition) is 2. The number of phenolic OH excluding ortho intramolecular Hbond substituents is 1. The molecule has 1 aromatic carbocycles. The average Bonchev–Trinajstić information content (AvgIpc) is 3.70. The zero-order chi connectivity index (χ0) is 32.1. The monoisotopic (exact) mass is 655 g/mol. The summed E-state index contributed by atoms with van der Waals surface area (Å²) in [5.41, 5.74) is 7.40. The van der Waals surface area contributed by atoms with Crippen molar-refractivity contribution >= 4 is 34.1 Å². The molecular weight excluding hydrogens is 623 g/mol. The van der Waals surface area contributed by atoms with E-state index < -0.39 is 17.8 Å². The number of alkyl halides is 1. The third-order valence-corrected chi connectivity index (χ3v) is 9.25. The molecule has 2 atom stereocenters. The van der Waals surface area contributed by atoms with Crippen LogP contribution in [0.2, 0.25) is 5.02 Å². The highest BCUT2D eigenvalue weighted by atomic mass is 35.5. The number of phenols is 1. The summed E-state index contributed by atoms with van der Waals surface area (Å²) >= 11 is 6.46. The van der Waals surface area contributed by atoms with Crippen molar-refractivity contribution in [3.63, 3.8) is 0 Å². The molecular formula is C32H33ClF3N7O3. The molecule has 2 saturated heterocycles. The number of anilines is 2. The van der Waals surface area contributed by atoms with E-state index in [0.29, 0.717) is 41.1 Å². The van der Waals surface area contributed by atoms with Gasteiger partial charge in [0.05, 0.1) is 19.9 Å². The zero-order valence-corrected chi connectivity index (χ0v) is 25.9. The molecule has 4 aliphatic rings. The van der Waals surface area contributed by atoms with Gasteiger partial charge in [0.2, 0.25) is 5.88 Å². The largest absolute Gasteiger partial charge is 0.508 e. The van der Waals surface area contributed by atoms with Crippen LogP contribution in [0.15, 0.2) is 24.4 Å². The minimum absolute atomic E-state index is 0.0408. The molecule has 1 aliphatic carbocycles. The predicted octanol–water partition coefficient (Wildman–Crippen LogP) is 5.78. The number of pyridine rings is 2. The fourth-order valence-corrected chi connectivity index (χ4v) is 7.02. The van der Waals surface area contributed by atoms with E-state index in [4.69, 9.17) is 26.8 Å². The second-order valence-electron chi connectivity index (χ2n) is 12.1. The fraction of sp³-hybridized carbons (Fsp3) is 0.438. The molecule has 6 heterocycles. The Labute approximate surface area is 268 Å². The molecule has 10 nitrogen and oxygen atoms in total. The van der Waals surface area contributed by atoms with Gasteiger partial charge in [0.15, 0.2) is 5.82 Å². The Balaban J connectivity index is 0.000000321. The van der Waals surface area contributed by atoms with E-state index in [9.17, 15) is 13.9 Å². The summed E-state index contributed by atoms with van der Waals surface area (Å²) < 4.78 is 54.0. The lowest BCUT2D eigenvalue weighted by Gasteiger charge is -2.23. The molecule has 0 spiro atoms. The number of rotatable bonds is 5. The van der Waals surface area contributed by atoms with Crippen LogP contribution >= 0.6 is 11.6 Å². The van der Waals surface area contributed by atoms with Gasteiger partial charge < -0.3 is 25.2 Å². The van der Waals surface area contributed by atoms with Crippen LogP contribution in [0.25, 0.3) is 22.2 Å². The Morgan fingerprint density at radius 2 is 1.96 bits per heavy atom. The molecule has 1 saturated carbocycles. The Bertz CT molecular complexity index is 1800. The number of aromatic nitrogens is 4. The Morgan fingerprint density at radius 1 is 1.13 bits per heavy atom. The van der Waals surface area contributed by atoms with Crippen molar-refractivity contribution in [1.82, 2.24) is 24.8 Å². The summed E-state index contributed by atoms with van der Waals surface area (Å²) in [5.74, 6) is -0.638. The number of nitrogens with two attached hydrogens (primary N) is 1. The van der Waals surface area contributed by atoms with Crippen molar-refractivity contribution in [2.75, 3.05) is 44.0 Å². The van der Waals surface area contributed by atoms with E-state index in [1.807, 2.05) is 0 Å². The molecule has 4 aromatic rings. The van der Waals surface area contributed by atoms with Crippen LogP contribution in [0, 0.1) is 11.6 Å². The number of methoxy groups -OCH3 is 1. The second-order valence-corrected chi connectivity index (χ2v) is 12.5. The maximum atomic E-state index is 16.2. The number of ether oxygens (including phenoxy) is 2. The standard InChI is InChI=1S/C25H21ClF2N6O3.C7H12FN/c1-36-25-32-21-18-23(33-25)34(10-12-6-13(27)9-30-22(12)29)4-5-37-24(18)31-20(19(21)28)15-7-14(35)8-16(26)17(15)11-2-3-11;8-6-4-7-2-1-3-9(7)5-6/h6-9,11,35H,2-5,10H2,1H3,(H2,29,30);6-7H,1-5H2. The van der Waals surface area contributed by atoms with Gasteiger partial charge in [-0.05, 0) is 68.3 Å². The third-order valence-electron chi connectivity index (χ3n) is 8.94. The van der Waals surface area contributed by atoms with Crippen molar-refractivity contribution in [1.29, 1.82) is 0 Å². The second kappa shape index (κ2) is 12.3. The summed E-state index contributed by atoms with van der Waals surface area (Å²) in [6.07, 6.45) is 5.66. The molecule has 2 unspecified atom stereocenters. The number of halogens is 4. The molecule has 0 amide bonds. The molecule has 242 valence electrons. The summed E-state index contributed by atoms with van der Waals surface area (Å²) in [5, 5.41) is 10.8. The van der Waals surface area contributed by atoms with Crippen LogP contribution in [0.4, 0.5) is 24.8 Å². The minimum Gasteiger partial charge on any atom is -0.508 e. The van der Waals surface area contributed by atoms with Crippen LogP contribution in [0.3, 0.4) is 0 Å². The van der Waals surface area contributed by atoms with E-state index in [1.165, 1.54) is 38.2 Å². The molecule has 8 rings (SSSR count). The molecule has 0 bridgehead atoms. The SMILES string of the molecule is COc1nc2c3c(nc(-c4cc(O)cc(Cl)c4C4CC4)c(F)c3n1)OCCN2Cc1cc(F)cnc1N.FC1CC2CCCN2C1. The molecule has 3 fully saturated rings. The van der Waals surface area contributed by atoms with Crippen molar-refractivity contribution in [2.24, 2.45) is 0 Å². The Hall–Kier alpha value is -4.10. The number of nitrogen functional groups attached to an aromatic ring is 1. The van der Waals surface area contributed by atoms with Gasteiger partial charge >= 0.3 is 6.01 Å². The van der Waals surface area contributed by atoms with Crippen molar-refractivity contribution in [2.45, 2.75) is 56.8 Å². The van der Waals surface area contributed by atoms with E-state index in [2.05, 4.69) is 24.8 Å². The van der Waals surface area contributed by atoms with Crippen molar-refractivity contribution in [3.8, 4) is 28.9 Å². The van der Waals surface area contributed by atoms with Gasteiger partial charge in [-0.15, -0.1) is 0 Å². The molecule has 14 heteroatoms.